The van der Waals surface area contributed by atoms with E-state index in [4.69, 9.17) is 9.47 Å². The zero-order chi connectivity index (χ0) is 31.1. The second-order valence-electron chi connectivity index (χ2n) is 13.1. The van der Waals surface area contributed by atoms with Crippen molar-refractivity contribution in [3.8, 4) is 0 Å². The standard InChI is InChI=1S/C37H48N2O4/c1-28(2)32(33(40)43-35(3,4)5)38-25-16-23-36(34(41)42-6)24-26-39(27-36)37(29-17-10-7-11-18-29,30-19-12-8-13-20-30)31-21-14-9-15-22-31/h7-15,17-22,28,32,38H,16,23-27H2,1-6H3. The number of likely N-dealkylation sites (tertiary alicyclic amines) is 1. The van der Waals surface area contributed by atoms with Gasteiger partial charge in [-0.1, -0.05) is 105 Å². The van der Waals surface area contributed by atoms with Gasteiger partial charge in [0.05, 0.1) is 18.1 Å². The molecule has 0 amide bonds. The van der Waals surface area contributed by atoms with E-state index in [1.54, 1.807) is 0 Å². The van der Waals surface area contributed by atoms with Gasteiger partial charge in [0.25, 0.3) is 0 Å². The molecule has 1 fully saturated rings. The lowest BCUT2D eigenvalue weighted by Crippen LogP contribution is -2.49. The Morgan fingerprint density at radius 2 is 1.35 bits per heavy atom. The number of carbonyl (C=O) groups excluding carboxylic acids is 2. The van der Waals surface area contributed by atoms with Gasteiger partial charge in [-0.15, -0.1) is 0 Å². The van der Waals surface area contributed by atoms with E-state index >= 15 is 0 Å². The van der Waals surface area contributed by atoms with Crippen molar-refractivity contribution < 1.29 is 19.1 Å². The fourth-order valence-electron chi connectivity index (χ4n) is 6.57. The summed E-state index contributed by atoms with van der Waals surface area (Å²) in [6.07, 6.45) is 2.06. The summed E-state index contributed by atoms with van der Waals surface area (Å²) in [5.41, 5.74) is 1.68. The molecule has 1 aliphatic heterocycles. The van der Waals surface area contributed by atoms with Crippen molar-refractivity contribution in [3.05, 3.63) is 108 Å². The van der Waals surface area contributed by atoms with Crippen molar-refractivity contribution in [1.82, 2.24) is 10.2 Å². The number of methoxy groups -OCH3 is 1. The molecule has 1 N–H and O–H groups in total. The molecule has 1 saturated heterocycles. The van der Waals surface area contributed by atoms with Gasteiger partial charge in [-0.3, -0.25) is 14.5 Å². The van der Waals surface area contributed by atoms with Crippen LogP contribution in [0.5, 0.6) is 0 Å². The van der Waals surface area contributed by atoms with Crippen LogP contribution in [0.15, 0.2) is 91.0 Å². The van der Waals surface area contributed by atoms with Gasteiger partial charge in [0, 0.05) is 13.1 Å². The molecule has 3 aromatic carbocycles. The Kier molecular flexibility index (Phi) is 10.5. The lowest BCUT2D eigenvalue weighted by molar-refractivity contribution is -0.159. The SMILES string of the molecule is COC(=O)C1(CCCNC(C(=O)OC(C)(C)C)C(C)C)CCN(C(c2ccccc2)(c2ccccc2)c2ccccc2)C1. The van der Waals surface area contributed by atoms with Gasteiger partial charge in [0.15, 0.2) is 0 Å². The number of benzene rings is 3. The summed E-state index contributed by atoms with van der Waals surface area (Å²) >= 11 is 0. The number of ether oxygens (including phenoxy) is 2. The minimum Gasteiger partial charge on any atom is -0.469 e. The van der Waals surface area contributed by atoms with Gasteiger partial charge in [0.1, 0.15) is 11.6 Å². The monoisotopic (exact) mass is 584 g/mol. The van der Waals surface area contributed by atoms with E-state index < -0.39 is 22.6 Å². The second-order valence-corrected chi connectivity index (χ2v) is 13.1. The summed E-state index contributed by atoms with van der Waals surface area (Å²) in [5.74, 6) is -0.337. The second kappa shape index (κ2) is 13.9. The molecule has 4 rings (SSSR count). The molecular formula is C37H48N2O4. The third kappa shape index (κ3) is 7.19. The van der Waals surface area contributed by atoms with Crippen molar-refractivity contribution in [2.45, 2.75) is 71.1 Å². The topological polar surface area (TPSA) is 67.9 Å². The number of carbonyl (C=O) groups is 2. The maximum absolute atomic E-state index is 13.6. The molecule has 1 aliphatic rings. The smallest absolute Gasteiger partial charge is 0.323 e. The number of esters is 2. The molecule has 2 unspecified atom stereocenters. The predicted molar refractivity (Wildman–Crippen MR) is 172 cm³/mol. The largest absolute Gasteiger partial charge is 0.469 e. The lowest BCUT2D eigenvalue weighted by Gasteiger charge is -2.44. The Bertz CT molecular complexity index is 1220. The number of hydrogen-bond acceptors (Lipinski definition) is 6. The fraction of sp³-hybridized carbons (Fsp3) is 0.459. The number of rotatable bonds is 12. The quantitative estimate of drug-likeness (QED) is 0.147. The Hall–Kier alpha value is -3.48. The third-order valence-electron chi connectivity index (χ3n) is 8.54. The average molecular weight is 585 g/mol. The molecule has 6 heteroatoms. The number of nitrogens with one attached hydrogen (secondary N) is 1. The van der Waals surface area contributed by atoms with Gasteiger partial charge in [0.2, 0.25) is 0 Å². The first-order valence-electron chi connectivity index (χ1n) is 15.5. The Morgan fingerprint density at radius 1 is 0.860 bits per heavy atom. The minimum absolute atomic E-state index is 0.0784. The number of hydrogen-bond donors (Lipinski definition) is 1. The zero-order valence-electron chi connectivity index (χ0n) is 26.6. The first-order chi connectivity index (χ1) is 20.5. The van der Waals surface area contributed by atoms with Crippen LogP contribution >= 0.6 is 0 Å². The maximum atomic E-state index is 13.6. The summed E-state index contributed by atoms with van der Waals surface area (Å²) in [6.45, 7) is 11.6. The Labute approximate surface area is 257 Å². The van der Waals surface area contributed by atoms with Gasteiger partial charge in [-0.25, -0.2) is 0 Å². The highest BCUT2D eigenvalue weighted by atomic mass is 16.6. The molecular weight excluding hydrogens is 536 g/mol. The molecule has 0 bridgehead atoms. The summed E-state index contributed by atoms with van der Waals surface area (Å²) < 4.78 is 11.1. The van der Waals surface area contributed by atoms with Crippen LogP contribution in [0.25, 0.3) is 0 Å². The normalized spacial score (nSPS) is 18.4. The Morgan fingerprint density at radius 3 is 1.77 bits per heavy atom. The van der Waals surface area contributed by atoms with Gasteiger partial charge >= 0.3 is 11.9 Å². The molecule has 0 spiro atoms. The van der Waals surface area contributed by atoms with Crippen LogP contribution in [0.2, 0.25) is 0 Å². The highest BCUT2D eigenvalue weighted by Crippen LogP contribution is 2.48. The van der Waals surface area contributed by atoms with Crippen LogP contribution in [0.3, 0.4) is 0 Å². The molecule has 0 aliphatic carbocycles. The highest BCUT2D eigenvalue weighted by Gasteiger charge is 2.52. The first-order valence-corrected chi connectivity index (χ1v) is 15.5. The van der Waals surface area contributed by atoms with Crippen LogP contribution in [0.4, 0.5) is 0 Å². The third-order valence-corrected chi connectivity index (χ3v) is 8.54. The van der Waals surface area contributed by atoms with E-state index in [0.29, 0.717) is 25.9 Å². The highest BCUT2D eigenvalue weighted by molar-refractivity contribution is 5.78. The van der Waals surface area contributed by atoms with E-state index in [2.05, 4.69) is 83.0 Å². The fourth-order valence-corrected chi connectivity index (χ4v) is 6.57. The number of nitrogens with zero attached hydrogens (tertiary/aromatic N) is 1. The van der Waals surface area contributed by atoms with Crippen LogP contribution in [0.1, 0.15) is 70.6 Å². The summed E-state index contributed by atoms with van der Waals surface area (Å²) in [7, 11) is 1.49. The summed E-state index contributed by atoms with van der Waals surface area (Å²) in [4.78, 5) is 28.9. The average Bonchev–Trinajstić information content (AvgIpc) is 3.43. The predicted octanol–water partition coefficient (Wildman–Crippen LogP) is 6.58. The Balaban J connectivity index is 1.64. The van der Waals surface area contributed by atoms with Crippen molar-refractivity contribution in [1.29, 1.82) is 0 Å². The molecule has 1 heterocycles. The molecule has 2 atom stereocenters. The molecule has 0 saturated carbocycles. The van der Waals surface area contributed by atoms with Crippen molar-refractivity contribution in [2.24, 2.45) is 11.3 Å². The van der Waals surface area contributed by atoms with E-state index in [0.717, 1.165) is 29.7 Å². The van der Waals surface area contributed by atoms with E-state index in [9.17, 15) is 9.59 Å². The van der Waals surface area contributed by atoms with Crippen LogP contribution < -0.4 is 5.32 Å². The molecule has 6 nitrogen and oxygen atoms in total. The molecule has 43 heavy (non-hydrogen) atoms. The lowest BCUT2D eigenvalue weighted by atomic mass is 9.75. The molecule has 0 radical (unpaired) electrons. The summed E-state index contributed by atoms with van der Waals surface area (Å²) in [6, 6.07) is 31.3. The summed E-state index contributed by atoms with van der Waals surface area (Å²) in [5, 5.41) is 3.42. The van der Waals surface area contributed by atoms with Crippen molar-refractivity contribution >= 4 is 11.9 Å². The first kappa shape index (κ1) is 32.4. The van der Waals surface area contributed by atoms with Gasteiger partial charge in [-0.2, -0.15) is 0 Å². The minimum atomic E-state index is -0.667. The maximum Gasteiger partial charge on any atom is 0.323 e. The van der Waals surface area contributed by atoms with E-state index in [1.165, 1.54) is 7.11 Å². The van der Waals surface area contributed by atoms with Crippen LogP contribution in [-0.2, 0) is 24.6 Å². The van der Waals surface area contributed by atoms with Gasteiger partial charge in [-0.05, 0) is 69.2 Å². The molecule has 0 aromatic heterocycles. The van der Waals surface area contributed by atoms with Crippen molar-refractivity contribution in [3.63, 3.8) is 0 Å². The van der Waals surface area contributed by atoms with E-state index in [1.807, 2.05) is 52.8 Å². The van der Waals surface area contributed by atoms with Crippen LogP contribution in [0, 0.1) is 11.3 Å². The van der Waals surface area contributed by atoms with Gasteiger partial charge < -0.3 is 14.8 Å². The van der Waals surface area contributed by atoms with Crippen LogP contribution in [-0.4, -0.2) is 55.2 Å². The molecule has 3 aromatic rings. The van der Waals surface area contributed by atoms with E-state index in [-0.39, 0.29) is 17.9 Å². The molecule has 230 valence electrons. The van der Waals surface area contributed by atoms with Crippen molar-refractivity contribution in [2.75, 3.05) is 26.7 Å². The zero-order valence-corrected chi connectivity index (χ0v) is 26.6.